The Hall–Kier alpha value is -2.74. The molecule has 3 unspecified atom stereocenters. The zero-order valence-electron chi connectivity index (χ0n) is 23.7. The van der Waals surface area contributed by atoms with Crippen molar-refractivity contribution >= 4 is 22.9 Å². The maximum Gasteiger partial charge on any atom is 0.328 e. The molecule has 1 saturated carbocycles. The number of para-hydroxylation sites is 2. The van der Waals surface area contributed by atoms with Crippen molar-refractivity contribution in [1.29, 1.82) is 0 Å². The number of ether oxygens (including phenoxy) is 1. The average molecular weight is 537 g/mol. The Balaban J connectivity index is 1.44. The molecule has 5 rings (SSSR count). The maximum atomic E-state index is 14.0. The van der Waals surface area contributed by atoms with Gasteiger partial charge in [0.15, 0.2) is 5.69 Å². The van der Waals surface area contributed by atoms with Crippen LogP contribution < -0.4 is 10.9 Å². The molecule has 8 nitrogen and oxygen atoms in total. The monoisotopic (exact) mass is 536 g/mol. The molecule has 3 atom stereocenters. The molecular weight excluding hydrogens is 492 g/mol. The van der Waals surface area contributed by atoms with Crippen molar-refractivity contribution < 1.29 is 14.3 Å². The SMILES string of the molecule is COC(=O)C(CC(C)C)NC(=O)c1nc2ccccc2n(C2CC3CCC(C2)N3C2CCCCCCC2)c1=O. The summed E-state index contributed by atoms with van der Waals surface area (Å²) >= 11 is 0. The van der Waals surface area contributed by atoms with Crippen molar-refractivity contribution in [2.24, 2.45) is 5.92 Å². The van der Waals surface area contributed by atoms with Crippen molar-refractivity contribution in [2.45, 2.75) is 121 Å². The number of rotatable bonds is 7. The lowest BCUT2D eigenvalue weighted by molar-refractivity contribution is -0.143. The van der Waals surface area contributed by atoms with Crippen LogP contribution >= 0.6 is 0 Å². The third-order valence-electron chi connectivity index (χ3n) is 9.13. The lowest BCUT2D eigenvalue weighted by atomic mass is 9.89. The molecule has 2 saturated heterocycles. The molecule has 0 spiro atoms. The van der Waals surface area contributed by atoms with E-state index in [0.717, 1.165) is 18.4 Å². The van der Waals surface area contributed by atoms with E-state index < -0.39 is 17.9 Å². The number of aromatic nitrogens is 2. The summed E-state index contributed by atoms with van der Waals surface area (Å²) in [5, 5.41) is 2.74. The highest BCUT2D eigenvalue weighted by molar-refractivity contribution is 5.96. The molecule has 1 amide bonds. The highest BCUT2D eigenvalue weighted by Gasteiger charge is 2.44. The molecule has 3 fully saturated rings. The number of methoxy groups -OCH3 is 1. The number of piperidine rings is 1. The number of benzene rings is 1. The molecule has 1 aromatic carbocycles. The highest BCUT2D eigenvalue weighted by Crippen LogP contribution is 2.44. The average Bonchev–Trinajstić information content (AvgIpc) is 3.15. The van der Waals surface area contributed by atoms with E-state index >= 15 is 0 Å². The maximum absolute atomic E-state index is 14.0. The van der Waals surface area contributed by atoms with Gasteiger partial charge in [-0.3, -0.25) is 14.5 Å². The van der Waals surface area contributed by atoms with Gasteiger partial charge in [0.2, 0.25) is 0 Å². The van der Waals surface area contributed by atoms with Crippen LogP contribution in [0.1, 0.15) is 107 Å². The van der Waals surface area contributed by atoms with E-state index in [-0.39, 0.29) is 23.2 Å². The van der Waals surface area contributed by atoms with Crippen LogP contribution in [0, 0.1) is 5.92 Å². The van der Waals surface area contributed by atoms with E-state index in [1.54, 1.807) is 0 Å². The fourth-order valence-electron chi connectivity index (χ4n) is 7.44. The summed E-state index contributed by atoms with van der Waals surface area (Å²) in [5.74, 6) is -0.976. The van der Waals surface area contributed by atoms with E-state index in [1.165, 1.54) is 64.9 Å². The van der Waals surface area contributed by atoms with Gasteiger partial charge in [0.05, 0.1) is 18.1 Å². The summed E-state index contributed by atoms with van der Waals surface area (Å²) in [4.78, 5) is 47.1. The van der Waals surface area contributed by atoms with Gasteiger partial charge in [-0.05, 0) is 63.0 Å². The molecule has 1 aliphatic carbocycles. The summed E-state index contributed by atoms with van der Waals surface area (Å²) in [5.41, 5.74) is 0.870. The zero-order chi connectivity index (χ0) is 27.5. The Kier molecular flexibility index (Phi) is 8.70. The van der Waals surface area contributed by atoms with E-state index in [2.05, 4.69) is 15.2 Å². The van der Waals surface area contributed by atoms with Crippen LogP contribution in [0.15, 0.2) is 29.1 Å². The van der Waals surface area contributed by atoms with E-state index in [1.807, 2.05) is 42.7 Å². The van der Waals surface area contributed by atoms with Gasteiger partial charge >= 0.3 is 5.97 Å². The summed E-state index contributed by atoms with van der Waals surface area (Å²) in [6.07, 6.45) is 13.9. The number of amides is 1. The molecular formula is C31H44N4O4. The lowest BCUT2D eigenvalue weighted by Crippen LogP contribution is -2.51. The van der Waals surface area contributed by atoms with Crippen molar-refractivity contribution in [3.8, 4) is 0 Å². The fourth-order valence-corrected chi connectivity index (χ4v) is 7.44. The van der Waals surface area contributed by atoms with Crippen LogP contribution in [0.4, 0.5) is 0 Å². The first kappa shape index (κ1) is 27.8. The van der Waals surface area contributed by atoms with Crippen molar-refractivity contribution in [2.75, 3.05) is 7.11 Å². The highest BCUT2D eigenvalue weighted by atomic mass is 16.5. The van der Waals surface area contributed by atoms with Gasteiger partial charge < -0.3 is 14.6 Å². The van der Waals surface area contributed by atoms with Gasteiger partial charge in [0.1, 0.15) is 6.04 Å². The molecule has 2 bridgehead atoms. The van der Waals surface area contributed by atoms with Gasteiger partial charge in [-0.1, -0.05) is 58.1 Å². The van der Waals surface area contributed by atoms with Gasteiger partial charge in [-0.25, -0.2) is 9.78 Å². The predicted molar refractivity (Wildman–Crippen MR) is 152 cm³/mol. The first-order valence-electron chi connectivity index (χ1n) is 15.0. The number of esters is 1. The molecule has 3 aliphatic rings. The minimum absolute atomic E-state index is 0.0197. The van der Waals surface area contributed by atoms with Gasteiger partial charge in [0.25, 0.3) is 11.5 Å². The van der Waals surface area contributed by atoms with Crippen LogP contribution in [0.3, 0.4) is 0 Å². The molecule has 1 N–H and O–H groups in total. The second-order valence-corrected chi connectivity index (χ2v) is 12.3. The number of nitrogens with zero attached hydrogens (tertiary/aromatic N) is 3. The fraction of sp³-hybridized carbons (Fsp3) is 0.677. The predicted octanol–water partition coefficient (Wildman–Crippen LogP) is 4.99. The molecule has 2 aromatic rings. The Morgan fingerprint density at radius 2 is 1.59 bits per heavy atom. The summed E-state index contributed by atoms with van der Waals surface area (Å²) in [6, 6.07) is 8.39. The molecule has 39 heavy (non-hydrogen) atoms. The Labute approximate surface area is 231 Å². The number of hydrogen-bond acceptors (Lipinski definition) is 6. The Bertz CT molecular complexity index is 1220. The van der Waals surface area contributed by atoms with Crippen molar-refractivity contribution in [3.63, 3.8) is 0 Å². The Morgan fingerprint density at radius 1 is 0.949 bits per heavy atom. The first-order chi connectivity index (χ1) is 18.9. The molecule has 212 valence electrons. The number of hydrogen-bond donors (Lipinski definition) is 1. The minimum atomic E-state index is -0.827. The summed E-state index contributed by atoms with van der Waals surface area (Å²) in [6.45, 7) is 3.95. The first-order valence-corrected chi connectivity index (χ1v) is 15.0. The number of nitrogens with one attached hydrogen (secondary N) is 1. The smallest absolute Gasteiger partial charge is 0.328 e. The molecule has 8 heteroatoms. The van der Waals surface area contributed by atoms with E-state index in [4.69, 9.17) is 4.74 Å². The van der Waals surface area contributed by atoms with Crippen LogP contribution in [-0.4, -0.2) is 57.6 Å². The third-order valence-corrected chi connectivity index (χ3v) is 9.13. The molecule has 1 aromatic heterocycles. The molecule has 0 radical (unpaired) electrons. The standard InChI is InChI=1S/C31H44N4O4/c1-20(2)17-26(31(38)39-3)33-29(36)28-30(37)35(27-14-10-9-13-25(27)32-28)24-18-22-15-16-23(19-24)34(22)21-11-7-5-4-6-8-12-21/h9-10,13-14,20-24,26H,4-8,11-12,15-19H2,1-3H3,(H,33,36). The summed E-state index contributed by atoms with van der Waals surface area (Å²) < 4.78 is 6.75. The van der Waals surface area contributed by atoms with Gasteiger partial charge in [-0.15, -0.1) is 0 Å². The zero-order valence-corrected chi connectivity index (χ0v) is 23.7. The van der Waals surface area contributed by atoms with Crippen LogP contribution in [-0.2, 0) is 9.53 Å². The lowest BCUT2D eigenvalue weighted by Gasteiger charge is -2.45. The topological polar surface area (TPSA) is 93.5 Å². The van der Waals surface area contributed by atoms with Crippen molar-refractivity contribution in [3.05, 3.63) is 40.3 Å². The van der Waals surface area contributed by atoms with E-state index in [9.17, 15) is 14.4 Å². The largest absolute Gasteiger partial charge is 0.467 e. The Morgan fingerprint density at radius 3 is 2.23 bits per heavy atom. The minimum Gasteiger partial charge on any atom is -0.467 e. The number of carbonyl (C=O) groups is 2. The van der Waals surface area contributed by atoms with Crippen molar-refractivity contribution in [1.82, 2.24) is 19.8 Å². The summed E-state index contributed by atoms with van der Waals surface area (Å²) in [7, 11) is 1.31. The molecule has 2 aliphatic heterocycles. The van der Waals surface area contributed by atoms with E-state index in [0.29, 0.717) is 30.1 Å². The van der Waals surface area contributed by atoms with Crippen LogP contribution in [0.25, 0.3) is 11.0 Å². The normalized spacial score (nSPS) is 25.3. The van der Waals surface area contributed by atoms with Gasteiger partial charge in [-0.2, -0.15) is 0 Å². The van der Waals surface area contributed by atoms with Gasteiger partial charge in [0, 0.05) is 24.2 Å². The number of fused-ring (bicyclic) bond motifs is 3. The second kappa shape index (κ2) is 12.2. The third kappa shape index (κ3) is 5.91. The molecule has 3 heterocycles. The number of carbonyl (C=O) groups excluding carboxylic acids is 2. The van der Waals surface area contributed by atoms with Crippen LogP contribution in [0.5, 0.6) is 0 Å². The quantitative estimate of drug-likeness (QED) is 0.501. The van der Waals surface area contributed by atoms with Crippen LogP contribution in [0.2, 0.25) is 0 Å². The second-order valence-electron chi connectivity index (χ2n) is 12.3.